The average molecular weight is 462 g/mol. The fourth-order valence-electron chi connectivity index (χ4n) is 3.10. The number of ether oxygens (including phenoxy) is 1. The van der Waals surface area contributed by atoms with Gasteiger partial charge in [0.25, 0.3) is 0 Å². The monoisotopic (exact) mass is 460 g/mol. The molecule has 0 aliphatic carbocycles. The second kappa shape index (κ2) is 10.5. The van der Waals surface area contributed by atoms with Gasteiger partial charge in [0.1, 0.15) is 11.6 Å². The summed E-state index contributed by atoms with van der Waals surface area (Å²) in [6, 6.07) is 9.60. The lowest BCUT2D eigenvalue weighted by Crippen LogP contribution is -2.45. The maximum atomic E-state index is 13.4. The SMILES string of the molecule is Cl.Cl.Fc1ccc([C@H](c2ccc(OC(F)(F)F)cc2)N2CCNCC2)c(Cl)c1. The standard InChI is InChI=1S/C18H17ClF4N2O.2ClH/c19-16-11-13(20)3-6-15(16)17(25-9-7-24-8-10-25)12-1-4-14(5-2-12)26-18(21,22)23;;/h1-6,11,17,24H,7-10H2;2*1H/t17-;;/m0../s1. The summed E-state index contributed by atoms with van der Waals surface area (Å²) < 4.78 is 54.4. The first-order chi connectivity index (χ1) is 12.3. The molecular formula is C18H19Cl3F4N2O. The number of benzene rings is 2. The molecule has 1 fully saturated rings. The third kappa shape index (κ3) is 6.39. The van der Waals surface area contributed by atoms with Crippen molar-refractivity contribution >= 4 is 36.4 Å². The van der Waals surface area contributed by atoms with Crippen molar-refractivity contribution in [3.8, 4) is 5.75 Å². The molecule has 3 nitrogen and oxygen atoms in total. The summed E-state index contributed by atoms with van der Waals surface area (Å²) in [5, 5.41) is 3.53. The van der Waals surface area contributed by atoms with E-state index in [0.717, 1.165) is 31.7 Å². The number of hydrogen-bond donors (Lipinski definition) is 1. The Labute approximate surface area is 177 Å². The second-order valence-electron chi connectivity index (χ2n) is 5.97. The molecule has 0 spiro atoms. The van der Waals surface area contributed by atoms with Crippen molar-refractivity contribution in [2.24, 2.45) is 0 Å². The lowest BCUT2D eigenvalue weighted by Gasteiger charge is -2.36. The van der Waals surface area contributed by atoms with E-state index in [1.54, 1.807) is 18.2 Å². The van der Waals surface area contributed by atoms with Gasteiger partial charge in [-0.1, -0.05) is 29.8 Å². The lowest BCUT2D eigenvalue weighted by molar-refractivity contribution is -0.274. The normalized spacial score (nSPS) is 15.9. The van der Waals surface area contributed by atoms with Gasteiger partial charge in [0, 0.05) is 31.2 Å². The number of halogens is 7. The van der Waals surface area contributed by atoms with Crippen molar-refractivity contribution in [3.63, 3.8) is 0 Å². The van der Waals surface area contributed by atoms with Crippen LogP contribution in [0.15, 0.2) is 42.5 Å². The quantitative estimate of drug-likeness (QED) is 0.632. The van der Waals surface area contributed by atoms with Crippen molar-refractivity contribution in [1.29, 1.82) is 0 Å². The van der Waals surface area contributed by atoms with Crippen molar-refractivity contribution in [3.05, 3.63) is 64.4 Å². The zero-order chi connectivity index (χ0) is 18.7. The van der Waals surface area contributed by atoms with E-state index in [0.29, 0.717) is 5.56 Å². The van der Waals surface area contributed by atoms with Gasteiger partial charge in [0.2, 0.25) is 0 Å². The van der Waals surface area contributed by atoms with E-state index < -0.39 is 12.2 Å². The first-order valence-corrected chi connectivity index (χ1v) is 8.47. The summed E-state index contributed by atoms with van der Waals surface area (Å²) in [4.78, 5) is 2.16. The molecule has 0 aromatic heterocycles. The molecule has 0 radical (unpaired) electrons. The molecule has 1 atom stereocenters. The van der Waals surface area contributed by atoms with Crippen LogP contribution in [0, 0.1) is 5.82 Å². The largest absolute Gasteiger partial charge is 0.573 e. The number of alkyl halides is 3. The van der Waals surface area contributed by atoms with E-state index in [1.165, 1.54) is 24.3 Å². The highest BCUT2D eigenvalue weighted by molar-refractivity contribution is 6.31. The Morgan fingerprint density at radius 2 is 1.61 bits per heavy atom. The molecule has 1 aliphatic heterocycles. The highest BCUT2D eigenvalue weighted by atomic mass is 35.5. The van der Waals surface area contributed by atoms with Gasteiger partial charge < -0.3 is 10.1 Å². The maximum absolute atomic E-state index is 13.4. The molecule has 0 unspecified atom stereocenters. The van der Waals surface area contributed by atoms with Gasteiger partial charge in [0.05, 0.1) is 6.04 Å². The van der Waals surface area contributed by atoms with E-state index in [4.69, 9.17) is 11.6 Å². The zero-order valence-corrected chi connectivity index (χ0v) is 16.9. The molecule has 0 amide bonds. The summed E-state index contributed by atoms with van der Waals surface area (Å²) in [6.45, 7) is 3.04. The molecule has 1 saturated heterocycles. The third-order valence-electron chi connectivity index (χ3n) is 4.20. The van der Waals surface area contributed by atoms with E-state index in [9.17, 15) is 17.6 Å². The molecule has 156 valence electrons. The van der Waals surface area contributed by atoms with Gasteiger partial charge >= 0.3 is 6.36 Å². The predicted octanol–water partition coefficient (Wildman–Crippen LogP) is 5.22. The topological polar surface area (TPSA) is 24.5 Å². The molecular weight excluding hydrogens is 443 g/mol. The molecule has 1 aliphatic rings. The highest BCUT2D eigenvalue weighted by Crippen LogP contribution is 2.35. The molecule has 1 heterocycles. The first-order valence-electron chi connectivity index (χ1n) is 8.09. The summed E-state index contributed by atoms with van der Waals surface area (Å²) in [6.07, 6.45) is -4.74. The minimum absolute atomic E-state index is 0. The third-order valence-corrected chi connectivity index (χ3v) is 4.53. The Morgan fingerprint density at radius 1 is 1.00 bits per heavy atom. The number of nitrogens with one attached hydrogen (secondary N) is 1. The minimum atomic E-state index is -4.74. The van der Waals surface area contributed by atoms with E-state index in [1.807, 2.05) is 0 Å². The molecule has 0 bridgehead atoms. The average Bonchev–Trinajstić information content (AvgIpc) is 2.58. The van der Waals surface area contributed by atoms with Crippen molar-refractivity contribution < 1.29 is 22.3 Å². The van der Waals surface area contributed by atoms with Crippen LogP contribution in [0.5, 0.6) is 5.75 Å². The van der Waals surface area contributed by atoms with Crippen LogP contribution in [0.2, 0.25) is 5.02 Å². The highest BCUT2D eigenvalue weighted by Gasteiger charge is 2.31. The van der Waals surface area contributed by atoms with Crippen LogP contribution in [0.1, 0.15) is 17.2 Å². The van der Waals surface area contributed by atoms with Crippen molar-refractivity contribution in [2.45, 2.75) is 12.4 Å². The first kappa shape index (κ1) is 24.8. The van der Waals surface area contributed by atoms with E-state index >= 15 is 0 Å². The lowest BCUT2D eigenvalue weighted by atomic mass is 9.96. The number of nitrogens with zero attached hydrogens (tertiary/aromatic N) is 1. The molecule has 10 heteroatoms. The maximum Gasteiger partial charge on any atom is 0.573 e. The van der Waals surface area contributed by atoms with E-state index in [-0.39, 0.29) is 41.6 Å². The summed E-state index contributed by atoms with van der Waals surface area (Å²) in [5.74, 6) is -0.725. The Kier molecular flexibility index (Phi) is 9.30. The smallest absolute Gasteiger partial charge is 0.406 e. The van der Waals surface area contributed by atoms with Gasteiger partial charge in [-0.3, -0.25) is 4.90 Å². The van der Waals surface area contributed by atoms with Crippen LogP contribution in [-0.4, -0.2) is 37.4 Å². The van der Waals surface area contributed by atoms with Crippen LogP contribution in [0.4, 0.5) is 17.6 Å². The van der Waals surface area contributed by atoms with Crippen LogP contribution in [0.25, 0.3) is 0 Å². The number of hydrogen-bond acceptors (Lipinski definition) is 3. The second-order valence-corrected chi connectivity index (χ2v) is 6.38. The summed E-state index contributed by atoms with van der Waals surface area (Å²) in [5.41, 5.74) is 1.47. The van der Waals surface area contributed by atoms with Gasteiger partial charge in [-0.15, -0.1) is 38.0 Å². The molecule has 2 aromatic carbocycles. The predicted molar refractivity (Wildman–Crippen MR) is 105 cm³/mol. The number of rotatable bonds is 4. The van der Waals surface area contributed by atoms with Crippen LogP contribution in [-0.2, 0) is 0 Å². The Morgan fingerprint density at radius 3 is 2.14 bits per heavy atom. The summed E-state index contributed by atoms with van der Waals surface area (Å²) >= 11 is 6.26. The van der Waals surface area contributed by atoms with Gasteiger partial charge in [-0.25, -0.2) is 4.39 Å². The molecule has 0 saturated carbocycles. The van der Waals surface area contributed by atoms with E-state index in [2.05, 4.69) is 15.0 Å². The van der Waals surface area contributed by atoms with Crippen molar-refractivity contribution in [1.82, 2.24) is 10.2 Å². The van der Waals surface area contributed by atoms with Crippen LogP contribution < -0.4 is 10.1 Å². The molecule has 2 aromatic rings. The minimum Gasteiger partial charge on any atom is -0.406 e. The molecule has 3 rings (SSSR count). The van der Waals surface area contributed by atoms with Gasteiger partial charge in [-0.2, -0.15) is 0 Å². The van der Waals surface area contributed by atoms with Gasteiger partial charge in [-0.05, 0) is 35.4 Å². The fourth-order valence-corrected chi connectivity index (χ4v) is 3.37. The fraction of sp³-hybridized carbons (Fsp3) is 0.333. The Bertz CT molecular complexity index is 753. The van der Waals surface area contributed by atoms with Crippen LogP contribution >= 0.6 is 36.4 Å². The Hall–Kier alpha value is -1.25. The molecule has 28 heavy (non-hydrogen) atoms. The zero-order valence-electron chi connectivity index (χ0n) is 14.5. The molecule has 1 N–H and O–H groups in total. The summed E-state index contributed by atoms with van der Waals surface area (Å²) in [7, 11) is 0. The van der Waals surface area contributed by atoms with Crippen LogP contribution in [0.3, 0.4) is 0 Å². The Balaban J connectivity index is 0.00000196. The van der Waals surface area contributed by atoms with Crippen molar-refractivity contribution in [2.75, 3.05) is 26.2 Å². The number of piperazine rings is 1. The van der Waals surface area contributed by atoms with Gasteiger partial charge in [0.15, 0.2) is 0 Å².